The van der Waals surface area contributed by atoms with Crippen molar-refractivity contribution in [1.29, 1.82) is 0 Å². The van der Waals surface area contributed by atoms with E-state index >= 15 is 0 Å². The molecule has 2 saturated heterocycles. The lowest BCUT2D eigenvalue weighted by atomic mass is 9.81. The smallest absolute Gasteiger partial charge is 0.167 e. The van der Waals surface area contributed by atoms with E-state index in [2.05, 4.69) is 15.9 Å². The Hall–Kier alpha value is -0.230. The Morgan fingerprint density at radius 2 is 2.39 bits per heavy atom. The number of ether oxygens (including phenoxy) is 2. The first-order valence-electron chi connectivity index (χ1n) is 6.18. The van der Waals surface area contributed by atoms with Crippen molar-refractivity contribution in [3.63, 3.8) is 0 Å². The quantitative estimate of drug-likeness (QED) is 0.780. The van der Waals surface area contributed by atoms with Crippen LogP contribution in [-0.2, 0) is 9.47 Å². The number of carbonyl (C=O) groups is 1. The monoisotopic (exact) mass is 330 g/mol. The van der Waals surface area contributed by atoms with Crippen LogP contribution in [0.5, 0.6) is 0 Å². The summed E-state index contributed by atoms with van der Waals surface area (Å²) in [7, 11) is 0. The maximum atomic E-state index is 12.4. The van der Waals surface area contributed by atoms with Gasteiger partial charge in [0.2, 0.25) is 0 Å². The number of hydrogen-bond donors (Lipinski definition) is 0. The summed E-state index contributed by atoms with van der Waals surface area (Å²) in [6.07, 6.45) is 2.55. The van der Waals surface area contributed by atoms with Crippen molar-refractivity contribution in [2.24, 2.45) is 5.92 Å². The number of rotatable bonds is 2. The predicted octanol–water partition coefficient (Wildman–Crippen LogP) is 3.28. The molecule has 0 radical (unpaired) electrons. The fourth-order valence-corrected chi connectivity index (χ4v) is 3.94. The number of Topliss-reactive ketones (excluding diaryl/α,β-unsaturated/α-hetero) is 1. The molecule has 2 unspecified atom stereocenters. The first kappa shape index (κ1) is 12.8. The van der Waals surface area contributed by atoms with Gasteiger partial charge >= 0.3 is 0 Å². The van der Waals surface area contributed by atoms with Crippen LogP contribution in [-0.4, -0.2) is 31.2 Å². The molecule has 0 amide bonds. The average Bonchev–Trinajstić information content (AvgIpc) is 2.98. The van der Waals surface area contributed by atoms with Crippen LogP contribution in [0.1, 0.15) is 29.6 Å². The molecule has 2 fully saturated rings. The number of ketones is 1. The largest absolute Gasteiger partial charge is 0.378 e. The molecule has 98 valence electrons. The second-order valence-corrected chi connectivity index (χ2v) is 7.32. The van der Waals surface area contributed by atoms with Gasteiger partial charge in [-0.3, -0.25) is 4.79 Å². The molecule has 0 N–H and O–H groups in total. The fraction of sp³-hybridized carbons (Fsp3) is 0.615. The van der Waals surface area contributed by atoms with Crippen molar-refractivity contribution in [3.8, 4) is 0 Å². The second kappa shape index (κ2) is 5.04. The van der Waals surface area contributed by atoms with Gasteiger partial charge in [-0.15, -0.1) is 11.3 Å². The highest BCUT2D eigenvalue weighted by Crippen LogP contribution is 2.37. The summed E-state index contributed by atoms with van der Waals surface area (Å²) in [4.78, 5) is 12.4. The lowest BCUT2D eigenvalue weighted by Crippen LogP contribution is -2.42. The van der Waals surface area contributed by atoms with E-state index < -0.39 is 0 Å². The molecule has 2 atom stereocenters. The maximum Gasteiger partial charge on any atom is 0.167 e. The molecule has 0 aliphatic carbocycles. The molecule has 2 aliphatic heterocycles. The molecule has 0 saturated carbocycles. The topological polar surface area (TPSA) is 35.5 Å². The SMILES string of the molecule is O=C(c1csc(Br)c1)C1CCOC2(CCOC2)C1. The molecule has 3 nitrogen and oxygen atoms in total. The maximum absolute atomic E-state index is 12.4. The zero-order valence-corrected chi connectivity index (χ0v) is 12.4. The van der Waals surface area contributed by atoms with Gasteiger partial charge in [0.1, 0.15) is 0 Å². The normalized spacial score (nSPS) is 31.9. The van der Waals surface area contributed by atoms with Crippen LogP contribution in [0.15, 0.2) is 15.2 Å². The average molecular weight is 331 g/mol. The first-order chi connectivity index (χ1) is 8.69. The highest BCUT2D eigenvalue weighted by atomic mass is 79.9. The Kier molecular flexibility index (Phi) is 3.58. The van der Waals surface area contributed by atoms with Gasteiger partial charge in [0.15, 0.2) is 5.78 Å². The van der Waals surface area contributed by atoms with Gasteiger partial charge in [-0.25, -0.2) is 0 Å². The Morgan fingerprint density at radius 3 is 3.06 bits per heavy atom. The molecule has 1 spiro atoms. The highest BCUT2D eigenvalue weighted by Gasteiger charge is 2.43. The predicted molar refractivity (Wildman–Crippen MR) is 73.2 cm³/mol. The van der Waals surface area contributed by atoms with E-state index in [1.165, 1.54) is 0 Å². The van der Waals surface area contributed by atoms with Gasteiger partial charge in [-0.1, -0.05) is 0 Å². The molecule has 5 heteroatoms. The standard InChI is InChI=1S/C13H15BrO3S/c14-11-5-10(7-18-11)12(15)9-1-3-17-13(6-9)2-4-16-8-13/h5,7,9H,1-4,6,8H2. The first-order valence-corrected chi connectivity index (χ1v) is 7.86. The fourth-order valence-electron chi connectivity index (χ4n) is 2.79. The third-order valence-electron chi connectivity index (χ3n) is 3.78. The minimum absolute atomic E-state index is 0.0851. The van der Waals surface area contributed by atoms with Crippen molar-refractivity contribution in [2.75, 3.05) is 19.8 Å². The van der Waals surface area contributed by atoms with Gasteiger partial charge in [-0.2, -0.15) is 0 Å². The van der Waals surface area contributed by atoms with Crippen LogP contribution in [0.2, 0.25) is 0 Å². The molecule has 3 rings (SSSR count). The summed E-state index contributed by atoms with van der Waals surface area (Å²) in [5.74, 6) is 0.341. The van der Waals surface area contributed by atoms with Crippen LogP contribution in [0, 0.1) is 5.92 Å². The van der Waals surface area contributed by atoms with Crippen LogP contribution < -0.4 is 0 Å². The zero-order chi connectivity index (χ0) is 12.6. The minimum Gasteiger partial charge on any atom is -0.378 e. The highest BCUT2D eigenvalue weighted by molar-refractivity contribution is 9.11. The molecule has 18 heavy (non-hydrogen) atoms. The Balaban J connectivity index is 1.74. The van der Waals surface area contributed by atoms with E-state index in [1.54, 1.807) is 11.3 Å². The van der Waals surface area contributed by atoms with Gasteiger partial charge in [0.25, 0.3) is 0 Å². The molecule has 0 aromatic carbocycles. The number of carbonyl (C=O) groups excluding carboxylic acids is 1. The third kappa shape index (κ3) is 2.41. The van der Waals surface area contributed by atoms with Crippen molar-refractivity contribution < 1.29 is 14.3 Å². The molecule has 0 bridgehead atoms. The van der Waals surface area contributed by atoms with Crippen molar-refractivity contribution in [3.05, 3.63) is 20.8 Å². The van der Waals surface area contributed by atoms with Gasteiger partial charge in [0.05, 0.1) is 16.0 Å². The zero-order valence-electron chi connectivity index (χ0n) is 9.99. The Morgan fingerprint density at radius 1 is 1.50 bits per heavy atom. The summed E-state index contributed by atoms with van der Waals surface area (Å²) in [5, 5.41) is 1.93. The lowest BCUT2D eigenvalue weighted by molar-refractivity contribution is -0.0920. The number of halogens is 1. The van der Waals surface area contributed by atoms with Gasteiger partial charge in [0, 0.05) is 36.5 Å². The number of thiophene rings is 1. The molecule has 3 heterocycles. The van der Waals surface area contributed by atoms with Crippen LogP contribution in [0.4, 0.5) is 0 Å². The minimum atomic E-state index is -0.189. The van der Waals surface area contributed by atoms with Crippen molar-refractivity contribution in [2.45, 2.75) is 24.9 Å². The van der Waals surface area contributed by atoms with Crippen LogP contribution in [0.25, 0.3) is 0 Å². The van der Waals surface area contributed by atoms with E-state index in [1.807, 2.05) is 11.4 Å². The van der Waals surface area contributed by atoms with Crippen LogP contribution >= 0.6 is 27.3 Å². The van der Waals surface area contributed by atoms with Crippen molar-refractivity contribution in [1.82, 2.24) is 0 Å². The summed E-state index contributed by atoms with van der Waals surface area (Å²) >= 11 is 4.97. The van der Waals surface area contributed by atoms with E-state index in [0.717, 1.165) is 35.2 Å². The van der Waals surface area contributed by atoms with E-state index in [0.29, 0.717) is 13.2 Å². The second-order valence-electron chi connectivity index (χ2n) is 5.03. The Labute approximate surface area is 119 Å². The molecule has 2 aliphatic rings. The molecule has 1 aromatic heterocycles. The third-order valence-corrected chi connectivity index (χ3v) is 5.29. The summed E-state index contributed by atoms with van der Waals surface area (Å²) < 4.78 is 12.3. The van der Waals surface area contributed by atoms with E-state index in [9.17, 15) is 4.79 Å². The van der Waals surface area contributed by atoms with E-state index in [-0.39, 0.29) is 17.3 Å². The summed E-state index contributed by atoms with van der Waals surface area (Å²) in [6.45, 7) is 2.07. The molecule has 1 aromatic rings. The van der Waals surface area contributed by atoms with Crippen molar-refractivity contribution >= 4 is 33.0 Å². The summed E-state index contributed by atoms with van der Waals surface area (Å²) in [5.41, 5.74) is 0.638. The molecular formula is C13H15BrO3S. The van der Waals surface area contributed by atoms with E-state index in [4.69, 9.17) is 9.47 Å². The van der Waals surface area contributed by atoms with Gasteiger partial charge in [-0.05, 0) is 34.8 Å². The van der Waals surface area contributed by atoms with Gasteiger partial charge < -0.3 is 9.47 Å². The van der Waals surface area contributed by atoms with Crippen LogP contribution in [0.3, 0.4) is 0 Å². The lowest BCUT2D eigenvalue weighted by Gasteiger charge is -2.36. The summed E-state index contributed by atoms with van der Waals surface area (Å²) in [6, 6.07) is 1.92. The Bertz CT molecular complexity index is 451. The molecular weight excluding hydrogens is 316 g/mol. The number of hydrogen-bond acceptors (Lipinski definition) is 4.